The normalized spacial score (nSPS) is 6.00. The minimum Gasteiger partial charge on any atom is -1.00 e. The Morgan fingerprint density at radius 2 is 1.25 bits per heavy atom. The van der Waals surface area contributed by atoms with Crippen LogP contribution in [0.25, 0.3) is 0 Å². The minimum absolute atomic E-state index is 0. The molecule has 0 spiro atoms. The van der Waals surface area contributed by atoms with E-state index in [9.17, 15) is 0 Å². The van der Waals surface area contributed by atoms with Crippen molar-refractivity contribution in [2.45, 2.75) is 0 Å². The van der Waals surface area contributed by atoms with Gasteiger partial charge in [0.1, 0.15) is 0 Å². The van der Waals surface area contributed by atoms with Crippen molar-refractivity contribution in [1.29, 1.82) is 0 Å². The molecule has 1 heterocycles. The van der Waals surface area contributed by atoms with E-state index in [4.69, 9.17) is 0 Å². The first kappa shape index (κ1) is 5.04. The van der Waals surface area contributed by atoms with E-state index in [1.807, 2.05) is 0 Å². The Morgan fingerprint density at radius 3 is 1.25 bits per heavy atom. The molecule has 0 amide bonds. The third-order valence-corrected chi connectivity index (χ3v) is 0.0680. The Bertz CT molecular complexity index is 35.0. The molecular weight excluding hydrogens is 87.1 g/mol. The third-order valence-electron chi connectivity index (χ3n) is 0.0680. The van der Waals surface area contributed by atoms with E-state index in [0.29, 0.717) is 0 Å². The Morgan fingerprint density at radius 1 is 1.00 bits per heavy atom. The molecule has 0 aliphatic carbocycles. The van der Waals surface area contributed by atoms with E-state index in [1.54, 1.807) is 0 Å². The van der Waals surface area contributed by atoms with E-state index >= 15 is 0 Å². The van der Waals surface area contributed by atoms with Crippen molar-refractivity contribution in [3.05, 3.63) is 0 Å². The van der Waals surface area contributed by atoms with E-state index in [0.717, 1.165) is 0 Å². The van der Waals surface area contributed by atoms with Crippen LogP contribution in [0, 0.1) is 0 Å². The Labute approximate surface area is 66.0 Å². The van der Waals surface area contributed by atoms with Gasteiger partial charge in [0.2, 0.25) is 0 Å². The van der Waals surface area contributed by atoms with Crippen LogP contribution in [-0.4, -0.2) is 0 Å². The largest absolute Gasteiger partial charge is 1.00 e. The zero-order valence-corrected chi connectivity index (χ0v) is 5.35. The molecule has 0 atom stereocenters. The second kappa shape index (κ2) is 2.28. The Hall–Kier alpha value is 1.04. The second-order valence-electron chi connectivity index (χ2n) is 0.204. The van der Waals surface area contributed by atoms with Gasteiger partial charge in [-0.25, -0.2) is 0 Å². The molecular formula is HKO3. The molecule has 3 nitrogen and oxygen atoms in total. The Balaban J connectivity index is 0. The molecule has 4 heteroatoms. The van der Waals surface area contributed by atoms with Crippen molar-refractivity contribution in [2.75, 3.05) is 0 Å². The van der Waals surface area contributed by atoms with Crippen LogP contribution >= 0.6 is 0 Å². The zero-order valence-electron chi connectivity index (χ0n) is 3.22. The molecule has 0 bridgehead atoms. The van der Waals surface area contributed by atoms with Gasteiger partial charge in [-0.1, -0.05) is 0 Å². The SMILES string of the molecule is [H-].[K+].o1oo1. The molecule has 1 aromatic rings. The van der Waals surface area contributed by atoms with Gasteiger partial charge < -0.3 is 1.43 Å². The number of hydrogen-bond donors (Lipinski definition) is 0. The maximum absolute atomic E-state index is 3.50. The van der Waals surface area contributed by atoms with Crippen LogP contribution in [-0.2, 0) is 0 Å². The van der Waals surface area contributed by atoms with Gasteiger partial charge in [0, 0.05) is 14.2 Å². The summed E-state index contributed by atoms with van der Waals surface area (Å²) in [5.74, 6) is 0. The van der Waals surface area contributed by atoms with Gasteiger partial charge in [0.25, 0.3) is 0 Å². The van der Waals surface area contributed by atoms with Crippen molar-refractivity contribution in [1.82, 2.24) is 0 Å². The van der Waals surface area contributed by atoms with Crippen LogP contribution < -0.4 is 51.4 Å². The molecule has 1 rings (SSSR count). The smallest absolute Gasteiger partial charge is 1.00 e. The maximum atomic E-state index is 3.50. The van der Waals surface area contributed by atoms with E-state index in [-0.39, 0.29) is 52.8 Å². The summed E-state index contributed by atoms with van der Waals surface area (Å²) in [6, 6.07) is 0. The van der Waals surface area contributed by atoms with E-state index in [2.05, 4.69) is 14.2 Å². The summed E-state index contributed by atoms with van der Waals surface area (Å²) < 4.78 is 10.5. The van der Waals surface area contributed by atoms with Gasteiger partial charge in [0.15, 0.2) is 0 Å². The summed E-state index contributed by atoms with van der Waals surface area (Å²) in [5.41, 5.74) is 0. The van der Waals surface area contributed by atoms with Crippen molar-refractivity contribution >= 4 is 0 Å². The minimum atomic E-state index is 0. The summed E-state index contributed by atoms with van der Waals surface area (Å²) in [7, 11) is 0. The standard InChI is InChI=1S/K.O3.H/c;1-2-3-1;/q+1;;-1. The first-order valence-corrected chi connectivity index (χ1v) is 0.500. The first-order chi connectivity index (χ1) is 1.50. The van der Waals surface area contributed by atoms with Crippen LogP contribution in [0.5, 0.6) is 0 Å². The van der Waals surface area contributed by atoms with Gasteiger partial charge in [-0.3, -0.25) is 0 Å². The van der Waals surface area contributed by atoms with Crippen molar-refractivity contribution < 1.29 is 67.0 Å². The molecule has 0 saturated heterocycles. The van der Waals surface area contributed by atoms with E-state index < -0.39 is 0 Å². The van der Waals surface area contributed by atoms with Crippen LogP contribution in [0.3, 0.4) is 0 Å². The first-order valence-electron chi connectivity index (χ1n) is 0.500. The van der Waals surface area contributed by atoms with Crippen LogP contribution in [0.2, 0.25) is 0 Å². The topological polar surface area (TPSA) is 39.4 Å². The van der Waals surface area contributed by atoms with Gasteiger partial charge in [-0.2, -0.15) is 0 Å². The van der Waals surface area contributed by atoms with Crippen molar-refractivity contribution in [2.24, 2.45) is 0 Å². The van der Waals surface area contributed by atoms with Crippen LogP contribution in [0.4, 0.5) is 0 Å². The zero-order chi connectivity index (χ0) is 2.12. The van der Waals surface area contributed by atoms with Gasteiger partial charge >= 0.3 is 51.4 Å². The quantitative estimate of drug-likeness (QED) is 0.262. The second-order valence-corrected chi connectivity index (χ2v) is 0.204. The predicted octanol–water partition coefficient (Wildman–Crippen LogP) is -2.42. The van der Waals surface area contributed by atoms with Gasteiger partial charge in [-0.05, 0) is 0 Å². The Kier molecular flexibility index (Phi) is 2.88. The number of rotatable bonds is 0. The monoisotopic (exact) mass is 88.0 g/mol. The fourth-order valence-electron chi connectivity index (χ4n) is 0. The molecule has 0 fully saturated rings. The molecule has 1 aromatic heterocycles. The van der Waals surface area contributed by atoms with Crippen LogP contribution in [0.1, 0.15) is 1.43 Å². The van der Waals surface area contributed by atoms with Gasteiger partial charge in [-0.15, -0.1) is 0 Å². The van der Waals surface area contributed by atoms with Crippen molar-refractivity contribution in [3.63, 3.8) is 0 Å². The average molecular weight is 88.1 g/mol. The molecule has 0 N–H and O–H groups in total. The molecule has 0 aliphatic rings. The van der Waals surface area contributed by atoms with E-state index in [1.165, 1.54) is 0 Å². The maximum Gasteiger partial charge on any atom is 1.00 e. The van der Waals surface area contributed by atoms with Gasteiger partial charge in [0.05, 0.1) is 0 Å². The molecule has 0 radical (unpaired) electrons. The van der Waals surface area contributed by atoms with Crippen LogP contribution in [0.15, 0.2) is 14.2 Å². The predicted molar refractivity (Wildman–Crippen MR) is 4.35 cm³/mol. The average Bonchev–Trinajstić information content (AvgIpc) is 1.46. The third kappa shape index (κ3) is 3.04. The molecule has 4 heavy (non-hydrogen) atoms. The van der Waals surface area contributed by atoms with Crippen molar-refractivity contribution in [3.8, 4) is 0 Å². The summed E-state index contributed by atoms with van der Waals surface area (Å²) in [5, 5.41) is 0. The molecule has 0 unspecified atom stereocenters. The molecule has 0 aromatic carbocycles. The molecule has 0 aliphatic heterocycles. The fourth-order valence-corrected chi connectivity index (χ4v) is 0. The number of hydrogen-bond acceptors (Lipinski definition) is 3. The summed E-state index contributed by atoms with van der Waals surface area (Å²) in [6.07, 6.45) is 0. The summed E-state index contributed by atoms with van der Waals surface area (Å²) in [4.78, 5) is 0. The molecule has 0 saturated carbocycles. The summed E-state index contributed by atoms with van der Waals surface area (Å²) in [6.45, 7) is 0. The fraction of sp³-hybridized carbons (Fsp3) is 0. The summed E-state index contributed by atoms with van der Waals surface area (Å²) >= 11 is 0. The molecule has 20 valence electrons.